The summed E-state index contributed by atoms with van der Waals surface area (Å²) in [5, 5.41) is 8.18. The molecule has 0 unspecified atom stereocenters. The smallest absolute Gasteiger partial charge is 0.241 e. The van der Waals surface area contributed by atoms with Gasteiger partial charge < -0.3 is 14.6 Å². The van der Waals surface area contributed by atoms with Crippen LogP contribution in [0.25, 0.3) is 11.4 Å². The highest BCUT2D eigenvalue weighted by atomic mass is 35.5. The van der Waals surface area contributed by atoms with Crippen LogP contribution in [0.3, 0.4) is 0 Å². The Morgan fingerprint density at radius 3 is 2.76 bits per heavy atom. The van der Waals surface area contributed by atoms with Gasteiger partial charge in [0.2, 0.25) is 17.6 Å². The molecule has 0 atom stereocenters. The van der Waals surface area contributed by atoms with E-state index < -0.39 is 0 Å². The summed E-state index contributed by atoms with van der Waals surface area (Å²) in [5.41, 5.74) is 1.84. The Kier molecular flexibility index (Phi) is 8.43. The molecule has 9 heteroatoms. The summed E-state index contributed by atoms with van der Waals surface area (Å²) in [6, 6.07) is 13.2. The van der Waals surface area contributed by atoms with Crippen molar-refractivity contribution in [2.45, 2.75) is 32.2 Å². The molecule has 1 amide bonds. The molecule has 4 rings (SSSR count). The van der Waals surface area contributed by atoms with Gasteiger partial charge in [-0.2, -0.15) is 4.98 Å². The molecule has 1 N–H and O–H groups in total. The van der Waals surface area contributed by atoms with E-state index in [4.69, 9.17) is 32.5 Å². The van der Waals surface area contributed by atoms with Gasteiger partial charge in [0.25, 0.3) is 0 Å². The van der Waals surface area contributed by atoms with Crippen LogP contribution < -0.4 is 10.1 Å². The monoisotopic (exact) mass is 502 g/mol. The Hall–Kier alpha value is -2.61. The zero-order chi connectivity index (χ0) is 23.9. The molecule has 34 heavy (non-hydrogen) atoms. The van der Waals surface area contributed by atoms with Crippen molar-refractivity contribution in [1.82, 2.24) is 20.4 Å². The SMILES string of the molecule is COc1ccccc1CCCNC(=O)C1CCN(Cc2nc(-c3ccc(Cl)cc3Cl)no2)CC1. The number of halogens is 2. The molecular weight excluding hydrogens is 475 g/mol. The van der Waals surface area contributed by atoms with Gasteiger partial charge in [0, 0.05) is 23.0 Å². The zero-order valence-electron chi connectivity index (χ0n) is 19.1. The number of rotatable bonds is 9. The molecule has 1 aliphatic heterocycles. The number of piperidine rings is 1. The highest BCUT2D eigenvalue weighted by Crippen LogP contribution is 2.29. The van der Waals surface area contributed by atoms with Crippen molar-refractivity contribution < 1.29 is 14.1 Å². The first-order valence-corrected chi connectivity index (χ1v) is 12.2. The summed E-state index contributed by atoms with van der Waals surface area (Å²) >= 11 is 12.2. The second-order valence-electron chi connectivity index (χ2n) is 8.39. The van der Waals surface area contributed by atoms with Crippen LogP contribution >= 0.6 is 23.2 Å². The molecule has 0 spiro atoms. The van der Waals surface area contributed by atoms with Gasteiger partial charge >= 0.3 is 0 Å². The first kappa shape index (κ1) is 24.5. The minimum atomic E-state index is 0.0358. The molecule has 0 aliphatic carbocycles. The van der Waals surface area contributed by atoms with Gasteiger partial charge in [-0.3, -0.25) is 9.69 Å². The van der Waals surface area contributed by atoms with E-state index in [0.29, 0.717) is 40.4 Å². The van der Waals surface area contributed by atoms with Crippen LogP contribution in [0, 0.1) is 5.92 Å². The predicted molar refractivity (Wildman–Crippen MR) is 132 cm³/mol. The molecule has 0 radical (unpaired) electrons. The van der Waals surface area contributed by atoms with Crippen molar-refractivity contribution in [2.75, 3.05) is 26.7 Å². The fourth-order valence-corrected chi connectivity index (χ4v) is 4.68. The number of amides is 1. The van der Waals surface area contributed by atoms with E-state index in [-0.39, 0.29) is 11.8 Å². The van der Waals surface area contributed by atoms with Gasteiger partial charge in [0.05, 0.1) is 18.7 Å². The molecule has 180 valence electrons. The number of carbonyl (C=O) groups is 1. The van der Waals surface area contributed by atoms with Gasteiger partial charge in [-0.1, -0.05) is 46.6 Å². The van der Waals surface area contributed by atoms with Crippen molar-refractivity contribution in [3.63, 3.8) is 0 Å². The van der Waals surface area contributed by atoms with Gasteiger partial charge in [-0.25, -0.2) is 0 Å². The third kappa shape index (κ3) is 6.29. The maximum Gasteiger partial charge on any atom is 0.241 e. The van der Waals surface area contributed by atoms with Crippen molar-refractivity contribution in [1.29, 1.82) is 0 Å². The van der Waals surface area contributed by atoms with Crippen molar-refractivity contribution >= 4 is 29.1 Å². The van der Waals surface area contributed by atoms with E-state index in [1.165, 1.54) is 0 Å². The van der Waals surface area contributed by atoms with Crippen molar-refractivity contribution in [3.05, 3.63) is 64.0 Å². The Bertz CT molecular complexity index is 1110. The normalized spacial score (nSPS) is 14.8. The Labute approximate surface area is 209 Å². The van der Waals surface area contributed by atoms with Crippen LogP contribution in [0.15, 0.2) is 47.0 Å². The lowest BCUT2D eigenvalue weighted by atomic mass is 9.96. The summed E-state index contributed by atoms with van der Waals surface area (Å²) in [7, 11) is 1.68. The third-order valence-corrected chi connectivity index (χ3v) is 6.62. The average molecular weight is 503 g/mol. The highest BCUT2D eigenvalue weighted by molar-refractivity contribution is 6.36. The number of aromatic nitrogens is 2. The fourth-order valence-electron chi connectivity index (χ4n) is 4.19. The van der Waals surface area contributed by atoms with Gasteiger partial charge in [0.1, 0.15) is 5.75 Å². The third-order valence-electron chi connectivity index (χ3n) is 6.07. The number of para-hydroxylation sites is 1. The van der Waals surface area contributed by atoms with Crippen LogP contribution in [0.1, 0.15) is 30.7 Å². The van der Waals surface area contributed by atoms with Gasteiger partial charge in [-0.05, 0) is 68.6 Å². The molecular formula is C25H28Cl2N4O3. The molecule has 1 saturated heterocycles. The first-order valence-electron chi connectivity index (χ1n) is 11.4. The van der Waals surface area contributed by atoms with Crippen LogP contribution in [0.4, 0.5) is 0 Å². The van der Waals surface area contributed by atoms with E-state index in [1.807, 2.05) is 18.2 Å². The first-order chi connectivity index (χ1) is 16.5. The second kappa shape index (κ2) is 11.7. The molecule has 2 heterocycles. The number of benzene rings is 2. The standard InChI is InChI=1S/C25H28Cl2N4O3/c1-33-22-7-3-2-5-17(22)6-4-12-28-25(32)18-10-13-31(14-11-18)16-23-29-24(30-34-23)20-9-8-19(26)15-21(20)27/h2-3,5,7-9,15,18H,4,6,10-14,16H2,1H3,(H,28,32). The predicted octanol–water partition coefficient (Wildman–Crippen LogP) is 5.01. The van der Waals surface area contributed by atoms with E-state index >= 15 is 0 Å². The lowest BCUT2D eigenvalue weighted by Crippen LogP contribution is -2.40. The molecule has 1 aliphatic rings. The molecule has 0 bridgehead atoms. The Balaban J connectivity index is 1.19. The second-order valence-corrected chi connectivity index (χ2v) is 9.24. The minimum Gasteiger partial charge on any atom is -0.496 e. The molecule has 1 fully saturated rings. The minimum absolute atomic E-state index is 0.0358. The molecule has 1 aromatic heterocycles. The lowest BCUT2D eigenvalue weighted by molar-refractivity contribution is -0.126. The fraction of sp³-hybridized carbons (Fsp3) is 0.400. The molecule has 2 aromatic carbocycles. The quantitative estimate of drug-likeness (QED) is 0.414. The van der Waals surface area contributed by atoms with Crippen molar-refractivity contribution in [3.8, 4) is 17.1 Å². The lowest BCUT2D eigenvalue weighted by Gasteiger charge is -2.30. The van der Waals surface area contributed by atoms with Crippen LogP contribution in [0.5, 0.6) is 5.75 Å². The van der Waals surface area contributed by atoms with Crippen LogP contribution in [0.2, 0.25) is 10.0 Å². The van der Waals surface area contributed by atoms with E-state index in [1.54, 1.807) is 25.3 Å². The summed E-state index contributed by atoms with van der Waals surface area (Å²) in [6.07, 6.45) is 3.36. The van der Waals surface area contributed by atoms with Crippen molar-refractivity contribution in [2.24, 2.45) is 5.92 Å². The number of hydrogen-bond acceptors (Lipinski definition) is 6. The zero-order valence-corrected chi connectivity index (χ0v) is 20.6. The number of hydrogen-bond donors (Lipinski definition) is 1. The summed E-state index contributed by atoms with van der Waals surface area (Å²) in [6.45, 7) is 2.82. The van der Waals surface area contributed by atoms with E-state index in [2.05, 4.69) is 26.4 Å². The average Bonchev–Trinajstić information content (AvgIpc) is 3.30. The molecule has 7 nitrogen and oxygen atoms in total. The largest absolute Gasteiger partial charge is 0.496 e. The molecule has 3 aromatic rings. The number of ether oxygens (including phenoxy) is 1. The maximum absolute atomic E-state index is 12.6. The van der Waals surface area contributed by atoms with Crippen LogP contribution in [-0.2, 0) is 17.8 Å². The number of nitrogens with zero attached hydrogens (tertiary/aromatic N) is 3. The summed E-state index contributed by atoms with van der Waals surface area (Å²) < 4.78 is 10.8. The number of aryl methyl sites for hydroxylation is 1. The number of nitrogens with one attached hydrogen (secondary N) is 1. The Morgan fingerprint density at radius 1 is 1.21 bits per heavy atom. The molecule has 0 saturated carbocycles. The van der Waals surface area contributed by atoms with E-state index in [9.17, 15) is 4.79 Å². The topological polar surface area (TPSA) is 80.5 Å². The summed E-state index contributed by atoms with van der Waals surface area (Å²) in [4.78, 5) is 19.3. The maximum atomic E-state index is 12.6. The highest BCUT2D eigenvalue weighted by Gasteiger charge is 2.26. The van der Waals surface area contributed by atoms with Gasteiger partial charge in [-0.15, -0.1) is 0 Å². The van der Waals surface area contributed by atoms with Crippen LogP contribution in [-0.4, -0.2) is 47.7 Å². The van der Waals surface area contributed by atoms with Gasteiger partial charge in [0.15, 0.2) is 0 Å². The number of likely N-dealkylation sites (tertiary alicyclic amines) is 1. The number of methoxy groups -OCH3 is 1. The number of carbonyl (C=O) groups excluding carboxylic acids is 1. The Morgan fingerprint density at radius 2 is 2.00 bits per heavy atom. The van der Waals surface area contributed by atoms with E-state index in [0.717, 1.165) is 50.1 Å². The summed E-state index contributed by atoms with van der Waals surface area (Å²) in [5.74, 6) is 2.04.